The number of fused-ring (bicyclic) bond motifs is 1. The van der Waals surface area contributed by atoms with Gasteiger partial charge in [0.15, 0.2) is 10.8 Å². The van der Waals surface area contributed by atoms with Crippen molar-refractivity contribution in [3.05, 3.63) is 47.0 Å². The van der Waals surface area contributed by atoms with Gasteiger partial charge in [-0.05, 0) is 26.8 Å². The first-order chi connectivity index (χ1) is 17.2. The Hall–Kier alpha value is -4.00. The zero-order valence-corrected chi connectivity index (χ0v) is 20.8. The minimum absolute atomic E-state index is 0.185. The lowest BCUT2D eigenvalue weighted by molar-refractivity contribution is -0.116. The summed E-state index contributed by atoms with van der Waals surface area (Å²) in [6.45, 7) is 6.07. The number of halogens is 2. The van der Waals surface area contributed by atoms with Crippen molar-refractivity contribution in [3.63, 3.8) is 0 Å². The predicted molar refractivity (Wildman–Crippen MR) is 132 cm³/mol. The first-order valence-electron chi connectivity index (χ1n) is 11.2. The van der Waals surface area contributed by atoms with Crippen LogP contribution in [0.2, 0.25) is 0 Å². The second-order valence-electron chi connectivity index (χ2n) is 8.31. The molecule has 0 radical (unpaired) electrons. The van der Waals surface area contributed by atoms with Gasteiger partial charge in [0, 0.05) is 48.1 Å². The lowest BCUT2D eigenvalue weighted by Gasteiger charge is -2.07. The number of rotatable bonds is 7. The fourth-order valence-corrected chi connectivity index (χ4v) is 4.78. The monoisotopic (exact) mass is 511 g/mol. The van der Waals surface area contributed by atoms with Crippen molar-refractivity contribution in [3.8, 4) is 22.5 Å². The molecule has 36 heavy (non-hydrogen) atoms. The third-order valence-corrected chi connectivity index (χ3v) is 6.49. The van der Waals surface area contributed by atoms with E-state index < -0.39 is 12.3 Å². The fraction of sp³-hybridized carbons (Fsp3) is 0.304. The smallest absolute Gasteiger partial charge is 0.264 e. The molecule has 5 aromatic rings. The third-order valence-electron chi connectivity index (χ3n) is 5.73. The lowest BCUT2D eigenvalue weighted by atomic mass is 10.1. The van der Waals surface area contributed by atoms with E-state index in [9.17, 15) is 13.6 Å². The summed E-state index contributed by atoms with van der Waals surface area (Å²) in [7, 11) is 1.73. The van der Waals surface area contributed by atoms with Crippen molar-refractivity contribution in [2.75, 3.05) is 5.32 Å². The minimum Gasteiger partial charge on any atom is -0.300 e. The molecule has 0 saturated heterocycles. The van der Waals surface area contributed by atoms with E-state index in [2.05, 4.69) is 30.6 Å². The SMILES string of the molecule is CCn1cc(-c2csc(NC(=O)Cn3nc(C)c4c(C(F)F)cc(-c5cnn(C)c5)nc43)n2)c(C)n1. The maximum Gasteiger partial charge on any atom is 0.264 e. The van der Waals surface area contributed by atoms with Crippen molar-refractivity contribution in [1.29, 1.82) is 0 Å². The van der Waals surface area contributed by atoms with Crippen LogP contribution >= 0.6 is 11.3 Å². The molecule has 0 aromatic carbocycles. The van der Waals surface area contributed by atoms with Crippen molar-refractivity contribution in [2.24, 2.45) is 7.05 Å². The van der Waals surface area contributed by atoms with Crippen molar-refractivity contribution >= 4 is 33.4 Å². The topological polar surface area (TPSA) is 108 Å². The van der Waals surface area contributed by atoms with Crippen molar-refractivity contribution in [2.45, 2.75) is 40.3 Å². The molecule has 0 atom stereocenters. The van der Waals surface area contributed by atoms with E-state index in [4.69, 9.17) is 0 Å². The van der Waals surface area contributed by atoms with Crippen LogP contribution in [-0.2, 0) is 24.9 Å². The molecule has 0 aliphatic heterocycles. The molecule has 0 fully saturated rings. The number of carbonyl (C=O) groups excluding carboxylic acids is 1. The number of carbonyl (C=O) groups is 1. The van der Waals surface area contributed by atoms with Crippen LogP contribution in [0.3, 0.4) is 0 Å². The molecule has 0 aliphatic rings. The maximum atomic E-state index is 14.0. The summed E-state index contributed by atoms with van der Waals surface area (Å²) in [5, 5.41) is 18.2. The number of nitrogens with zero attached hydrogens (tertiary/aromatic N) is 8. The van der Waals surface area contributed by atoms with E-state index in [0.29, 0.717) is 22.1 Å². The van der Waals surface area contributed by atoms with Gasteiger partial charge in [-0.1, -0.05) is 0 Å². The zero-order chi connectivity index (χ0) is 25.6. The van der Waals surface area contributed by atoms with Crippen LogP contribution in [0.4, 0.5) is 13.9 Å². The number of anilines is 1. The summed E-state index contributed by atoms with van der Waals surface area (Å²) in [5.41, 5.74) is 3.79. The highest BCUT2D eigenvalue weighted by Crippen LogP contribution is 2.33. The molecule has 0 saturated carbocycles. The Morgan fingerprint density at radius 1 is 1.14 bits per heavy atom. The second kappa shape index (κ2) is 9.22. The molecule has 5 heterocycles. The van der Waals surface area contributed by atoms with Gasteiger partial charge in [-0.2, -0.15) is 15.3 Å². The highest BCUT2D eigenvalue weighted by atomic mass is 32.1. The Morgan fingerprint density at radius 3 is 2.61 bits per heavy atom. The van der Waals surface area contributed by atoms with Gasteiger partial charge in [-0.3, -0.25) is 14.2 Å². The number of amides is 1. The molecule has 5 aromatic heterocycles. The number of aryl methyl sites for hydroxylation is 4. The summed E-state index contributed by atoms with van der Waals surface area (Å²) < 4.78 is 32.6. The average molecular weight is 512 g/mol. The number of hydrogen-bond donors (Lipinski definition) is 1. The van der Waals surface area contributed by atoms with Crippen molar-refractivity contribution in [1.82, 2.24) is 39.3 Å². The maximum absolute atomic E-state index is 14.0. The molecule has 13 heteroatoms. The summed E-state index contributed by atoms with van der Waals surface area (Å²) in [6.07, 6.45) is 2.43. The molecule has 5 rings (SSSR count). The fourth-order valence-electron chi connectivity index (χ4n) is 4.05. The number of nitrogens with one attached hydrogen (secondary N) is 1. The van der Waals surface area contributed by atoms with Gasteiger partial charge in [-0.25, -0.2) is 23.4 Å². The number of thiazole rings is 1. The predicted octanol–water partition coefficient (Wildman–Crippen LogP) is 4.36. The summed E-state index contributed by atoms with van der Waals surface area (Å²) in [5.74, 6) is -0.395. The Bertz CT molecular complexity index is 1580. The number of hydrogen-bond acceptors (Lipinski definition) is 7. The molecule has 0 aliphatic carbocycles. The Morgan fingerprint density at radius 2 is 1.94 bits per heavy atom. The summed E-state index contributed by atoms with van der Waals surface area (Å²) >= 11 is 1.29. The number of alkyl halides is 2. The Balaban J connectivity index is 1.43. The van der Waals surface area contributed by atoms with E-state index >= 15 is 0 Å². The third kappa shape index (κ3) is 4.37. The highest BCUT2D eigenvalue weighted by molar-refractivity contribution is 7.14. The summed E-state index contributed by atoms with van der Waals surface area (Å²) in [4.78, 5) is 21.9. The molecule has 0 bridgehead atoms. The molecule has 0 spiro atoms. The van der Waals surface area contributed by atoms with Crippen LogP contribution in [-0.4, -0.2) is 45.2 Å². The van der Waals surface area contributed by atoms with Crippen LogP contribution in [0, 0.1) is 13.8 Å². The molecular formula is C23H23F2N9OS. The van der Waals surface area contributed by atoms with Gasteiger partial charge in [0.1, 0.15) is 6.54 Å². The molecule has 0 unspecified atom stereocenters. The van der Waals surface area contributed by atoms with Crippen LogP contribution in [0.25, 0.3) is 33.5 Å². The molecule has 1 amide bonds. The number of pyridine rings is 1. The largest absolute Gasteiger partial charge is 0.300 e. The van der Waals surface area contributed by atoms with E-state index in [1.807, 2.05) is 30.1 Å². The van der Waals surface area contributed by atoms with Crippen LogP contribution in [0.15, 0.2) is 30.0 Å². The molecule has 10 nitrogen and oxygen atoms in total. The van der Waals surface area contributed by atoms with E-state index in [-0.39, 0.29) is 23.1 Å². The van der Waals surface area contributed by atoms with Crippen LogP contribution in [0.1, 0.15) is 30.3 Å². The summed E-state index contributed by atoms with van der Waals surface area (Å²) in [6, 6.07) is 1.35. The van der Waals surface area contributed by atoms with Gasteiger partial charge in [0.05, 0.1) is 34.4 Å². The van der Waals surface area contributed by atoms with Gasteiger partial charge < -0.3 is 5.32 Å². The van der Waals surface area contributed by atoms with Gasteiger partial charge in [-0.15, -0.1) is 11.3 Å². The zero-order valence-electron chi connectivity index (χ0n) is 20.0. The Labute approximate surface area is 208 Å². The highest BCUT2D eigenvalue weighted by Gasteiger charge is 2.22. The standard InChI is InChI=1S/C23H23F2N9OS/c1-5-33-9-16(12(2)30-33)18-11-36-23(28-18)29-19(35)10-34-22-20(13(3)31-34)15(21(24)25)6-17(27-22)14-7-26-32(4)8-14/h6-9,11,21H,5,10H2,1-4H3,(H,28,29,35). The Kier molecular flexibility index (Phi) is 6.08. The lowest BCUT2D eigenvalue weighted by Crippen LogP contribution is -2.19. The minimum atomic E-state index is -2.73. The average Bonchev–Trinajstić information content (AvgIpc) is 3.61. The van der Waals surface area contributed by atoms with E-state index in [1.54, 1.807) is 31.0 Å². The van der Waals surface area contributed by atoms with Gasteiger partial charge >= 0.3 is 0 Å². The molecule has 1 N–H and O–H groups in total. The van der Waals surface area contributed by atoms with E-state index in [1.165, 1.54) is 22.1 Å². The first-order valence-corrected chi connectivity index (χ1v) is 12.1. The molecule has 186 valence electrons. The van der Waals surface area contributed by atoms with Crippen molar-refractivity contribution < 1.29 is 13.6 Å². The normalized spacial score (nSPS) is 11.6. The van der Waals surface area contributed by atoms with Crippen LogP contribution < -0.4 is 5.32 Å². The van der Waals surface area contributed by atoms with Gasteiger partial charge in [0.2, 0.25) is 5.91 Å². The number of aromatic nitrogens is 8. The first kappa shape index (κ1) is 23.7. The van der Waals surface area contributed by atoms with E-state index in [0.717, 1.165) is 23.5 Å². The molecular weight excluding hydrogens is 488 g/mol. The second-order valence-corrected chi connectivity index (χ2v) is 9.17. The quantitative estimate of drug-likeness (QED) is 0.348. The van der Waals surface area contributed by atoms with Gasteiger partial charge in [0.25, 0.3) is 6.43 Å². The van der Waals surface area contributed by atoms with Crippen LogP contribution in [0.5, 0.6) is 0 Å².